The first-order chi connectivity index (χ1) is 13.0. The van der Waals surface area contributed by atoms with Crippen molar-refractivity contribution in [2.75, 3.05) is 18.4 Å². The molecule has 0 atom stereocenters. The lowest BCUT2D eigenvalue weighted by Gasteiger charge is -2.60. The monoisotopic (exact) mass is 385 g/mol. The lowest BCUT2D eigenvalue weighted by atomic mass is 9.63. The Morgan fingerprint density at radius 2 is 1.74 bits per heavy atom. The second kappa shape index (κ2) is 6.70. The van der Waals surface area contributed by atoms with E-state index in [1.807, 2.05) is 0 Å². The number of nitrogens with one attached hydrogen (secondary N) is 2. The normalized spacial score (nSPS) is 23.1. The summed E-state index contributed by atoms with van der Waals surface area (Å²) < 4.78 is 3.09. The highest BCUT2D eigenvalue weighted by Gasteiger charge is 2.52. The Balaban J connectivity index is 1.15. The van der Waals surface area contributed by atoms with E-state index in [1.165, 1.54) is 73.9 Å². The summed E-state index contributed by atoms with van der Waals surface area (Å²) in [6.45, 7) is 7.05. The summed E-state index contributed by atoms with van der Waals surface area (Å²) in [4.78, 5) is 15.1. The van der Waals surface area contributed by atoms with Crippen molar-refractivity contribution >= 4 is 23.7 Å². The minimum Gasteiger partial charge on any atom is -0.307 e. The van der Waals surface area contributed by atoms with E-state index >= 15 is 0 Å². The Hall–Kier alpha value is -1.20. The second-order valence-corrected chi connectivity index (χ2v) is 10.5. The topological polar surface area (TPSA) is 44.4 Å². The average molecular weight is 386 g/mol. The smallest absolute Gasteiger partial charge is 0.307 e. The summed E-state index contributed by atoms with van der Waals surface area (Å²) in [6.07, 6.45) is 9.51. The lowest BCUT2D eigenvalue weighted by molar-refractivity contribution is -0.0719. The van der Waals surface area contributed by atoms with Crippen molar-refractivity contribution in [2.45, 2.75) is 76.5 Å². The van der Waals surface area contributed by atoms with E-state index in [0.29, 0.717) is 16.7 Å². The van der Waals surface area contributed by atoms with Crippen LogP contribution in [-0.2, 0) is 25.7 Å². The second-order valence-electron chi connectivity index (χ2n) is 9.44. The van der Waals surface area contributed by atoms with Gasteiger partial charge >= 0.3 is 6.03 Å². The Morgan fingerprint density at radius 3 is 2.33 bits per heavy atom. The highest BCUT2D eigenvalue weighted by Crippen LogP contribution is 2.52. The molecule has 146 valence electrons. The highest BCUT2D eigenvalue weighted by atomic mass is 32.2. The number of carbonyl (C=O) groups excluding carboxylic acids is 1. The number of rotatable bonds is 4. The molecule has 5 heteroatoms. The number of carbonyl (C=O) groups is 1. The summed E-state index contributed by atoms with van der Waals surface area (Å²) in [5.41, 5.74) is 7.45. The maximum Gasteiger partial charge on any atom is 0.329 e. The van der Waals surface area contributed by atoms with E-state index in [4.69, 9.17) is 0 Å². The molecule has 5 rings (SSSR count). The summed E-state index contributed by atoms with van der Waals surface area (Å²) >= 11 is 1.64. The molecule has 1 spiro atoms. The van der Waals surface area contributed by atoms with Crippen molar-refractivity contribution in [1.82, 2.24) is 9.62 Å². The Kier molecular flexibility index (Phi) is 4.43. The zero-order chi connectivity index (χ0) is 18.6. The van der Waals surface area contributed by atoms with Crippen LogP contribution in [0.3, 0.4) is 0 Å². The SMILES string of the molecule is CC(C)N1CC2(CC(SNC(=O)Nc3c4c(cc5c3CCC5)CCC4)C2)C1. The van der Waals surface area contributed by atoms with Crippen molar-refractivity contribution in [1.29, 1.82) is 0 Å². The quantitative estimate of drug-likeness (QED) is 0.759. The summed E-state index contributed by atoms with van der Waals surface area (Å²) in [6, 6.07) is 3.04. The number of aryl methyl sites for hydroxylation is 2. The van der Waals surface area contributed by atoms with Gasteiger partial charge in [0.2, 0.25) is 0 Å². The van der Waals surface area contributed by atoms with Gasteiger partial charge < -0.3 is 5.32 Å². The zero-order valence-corrected chi connectivity index (χ0v) is 17.4. The lowest BCUT2D eigenvalue weighted by Crippen LogP contribution is -2.64. The fourth-order valence-corrected chi connectivity index (χ4v) is 6.87. The molecule has 27 heavy (non-hydrogen) atoms. The molecule has 0 radical (unpaired) electrons. The van der Waals surface area contributed by atoms with Gasteiger partial charge in [-0.1, -0.05) is 6.07 Å². The van der Waals surface area contributed by atoms with E-state index in [9.17, 15) is 4.79 Å². The number of fused-ring (bicyclic) bond motifs is 2. The van der Waals surface area contributed by atoms with Crippen molar-refractivity contribution in [2.24, 2.45) is 5.41 Å². The molecular weight excluding hydrogens is 354 g/mol. The largest absolute Gasteiger partial charge is 0.329 e. The molecule has 1 aromatic rings. The third-order valence-electron chi connectivity index (χ3n) is 7.16. The van der Waals surface area contributed by atoms with Gasteiger partial charge in [0.05, 0.1) is 0 Å². The molecule has 1 aromatic carbocycles. The molecule has 4 nitrogen and oxygen atoms in total. The number of hydrogen-bond donors (Lipinski definition) is 2. The molecule has 4 aliphatic rings. The van der Waals surface area contributed by atoms with Crippen LogP contribution in [-0.4, -0.2) is 35.3 Å². The minimum atomic E-state index is -0.0345. The van der Waals surface area contributed by atoms with Gasteiger partial charge in [-0.3, -0.25) is 9.62 Å². The van der Waals surface area contributed by atoms with Gasteiger partial charge in [-0.15, -0.1) is 0 Å². The van der Waals surface area contributed by atoms with Gasteiger partial charge in [-0.05, 0) is 105 Å². The van der Waals surface area contributed by atoms with Crippen molar-refractivity contribution < 1.29 is 4.79 Å². The first-order valence-electron chi connectivity index (χ1n) is 10.7. The summed E-state index contributed by atoms with van der Waals surface area (Å²) in [5, 5.41) is 3.82. The fourth-order valence-electron chi connectivity index (χ4n) is 5.67. The molecule has 0 unspecified atom stereocenters. The maximum absolute atomic E-state index is 12.6. The van der Waals surface area contributed by atoms with E-state index in [0.717, 1.165) is 18.5 Å². The van der Waals surface area contributed by atoms with Gasteiger partial charge in [0.1, 0.15) is 0 Å². The standard InChI is InChI=1S/C22H31N3OS/c1-14(2)25-12-22(13-25)10-17(11-22)27-24-21(26)23-20-18-7-3-5-15(18)9-16-6-4-8-19(16)20/h9,14,17H,3-8,10-13H2,1-2H3,(H2,23,24,26). The highest BCUT2D eigenvalue weighted by molar-refractivity contribution is 7.98. The van der Waals surface area contributed by atoms with Crippen LogP contribution in [0.1, 0.15) is 61.8 Å². The van der Waals surface area contributed by atoms with E-state index in [1.54, 1.807) is 11.9 Å². The predicted octanol–water partition coefficient (Wildman–Crippen LogP) is 4.31. The molecule has 2 fully saturated rings. The maximum atomic E-state index is 12.6. The predicted molar refractivity (Wildman–Crippen MR) is 112 cm³/mol. The van der Waals surface area contributed by atoms with Crippen molar-refractivity contribution in [3.8, 4) is 0 Å². The van der Waals surface area contributed by atoms with Crippen LogP contribution in [0.4, 0.5) is 10.5 Å². The van der Waals surface area contributed by atoms with Crippen LogP contribution in [0.15, 0.2) is 6.07 Å². The molecule has 2 N–H and O–H groups in total. The van der Waals surface area contributed by atoms with E-state index in [2.05, 4.69) is 34.9 Å². The molecule has 1 saturated carbocycles. The Morgan fingerprint density at radius 1 is 1.11 bits per heavy atom. The molecule has 1 aliphatic heterocycles. The molecular formula is C22H31N3OS. The first kappa shape index (κ1) is 17.9. The van der Waals surface area contributed by atoms with E-state index < -0.39 is 0 Å². The van der Waals surface area contributed by atoms with Gasteiger partial charge in [0.15, 0.2) is 0 Å². The number of benzene rings is 1. The first-order valence-corrected chi connectivity index (χ1v) is 11.5. The van der Waals surface area contributed by atoms with Crippen LogP contribution < -0.4 is 10.0 Å². The molecule has 1 heterocycles. The van der Waals surface area contributed by atoms with Gasteiger partial charge in [-0.2, -0.15) is 0 Å². The zero-order valence-electron chi connectivity index (χ0n) is 16.6. The molecule has 0 aromatic heterocycles. The number of hydrogen-bond acceptors (Lipinski definition) is 3. The van der Waals surface area contributed by atoms with Crippen LogP contribution in [0.25, 0.3) is 0 Å². The van der Waals surface area contributed by atoms with Gasteiger partial charge in [0, 0.05) is 30.1 Å². The minimum absolute atomic E-state index is 0.0345. The van der Waals surface area contributed by atoms with Crippen molar-refractivity contribution in [3.63, 3.8) is 0 Å². The number of urea groups is 1. The van der Waals surface area contributed by atoms with Gasteiger partial charge in [0.25, 0.3) is 0 Å². The molecule has 1 saturated heterocycles. The summed E-state index contributed by atoms with van der Waals surface area (Å²) in [7, 11) is 0. The Bertz CT molecular complexity index is 729. The van der Waals surface area contributed by atoms with Crippen LogP contribution >= 0.6 is 11.9 Å². The fraction of sp³-hybridized carbons (Fsp3) is 0.682. The summed E-state index contributed by atoms with van der Waals surface area (Å²) in [5.74, 6) is 0. The number of likely N-dealkylation sites (tertiary alicyclic amines) is 1. The average Bonchev–Trinajstić information content (AvgIpc) is 3.19. The molecule has 0 bridgehead atoms. The van der Waals surface area contributed by atoms with Crippen LogP contribution in [0.5, 0.6) is 0 Å². The third-order valence-corrected chi connectivity index (χ3v) is 8.13. The Labute approximate surface area is 167 Å². The number of amides is 2. The third kappa shape index (κ3) is 3.17. The number of nitrogens with zero attached hydrogens (tertiary/aromatic N) is 1. The number of anilines is 1. The van der Waals surface area contributed by atoms with Gasteiger partial charge in [-0.25, -0.2) is 4.79 Å². The molecule has 3 aliphatic carbocycles. The molecule has 2 amide bonds. The van der Waals surface area contributed by atoms with E-state index in [-0.39, 0.29) is 6.03 Å². The van der Waals surface area contributed by atoms with Crippen molar-refractivity contribution in [3.05, 3.63) is 28.3 Å². The van der Waals surface area contributed by atoms with Crippen LogP contribution in [0, 0.1) is 5.41 Å². The van der Waals surface area contributed by atoms with Crippen LogP contribution in [0.2, 0.25) is 0 Å².